The molecule has 94 valence electrons. The topological polar surface area (TPSA) is 58.6 Å². The van der Waals surface area contributed by atoms with Gasteiger partial charge in [0.25, 0.3) is 0 Å². The summed E-state index contributed by atoms with van der Waals surface area (Å²) in [4.78, 5) is 10.8. The van der Waals surface area contributed by atoms with Crippen LogP contribution in [0.25, 0.3) is 0 Å². The van der Waals surface area contributed by atoms with E-state index < -0.39 is 0 Å². The standard InChI is InChI=1S/C12H23NO3/c1-16-12(15)6-3-7-13-9-10-4-2-5-11(14)8-10/h10-11,13-14H,2-9H2,1H3. The Balaban J connectivity index is 1.96. The van der Waals surface area contributed by atoms with Crippen LogP contribution in [0.15, 0.2) is 0 Å². The lowest BCUT2D eigenvalue weighted by Gasteiger charge is -2.25. The molecule has 0 aliphatic heterocycles. The fourth-order valence-electron chi connectivity index (χ4n) is 2.21. The van der Waals surface area contributed by atoms with Crippen LogP contribution in [0.3, 0.4) is 0 Å². The summed E-state index contributed by atoms with van der Waals surface area (Å²) in [6.45, 7) is 1.81. The Morgan fingerprint density at radius 3 is 3.00 bits per heavy atom. The summed E-state index contributed by atoms with van der Waals surface area (Å²) in [5, 5.41) is 12.8. The number of hydrogen-bond donors (Lipinski definition) is 2. The smallest absolute Gasteiger partial charge is 0.305 e. The molecule has 0 saturated heterocycles. The minimum absolute atomic E-state index is 0.101. The van der Waals surface area contributed by atoms with E-state index in [0.29, 0.717) is 12.3 Å². The molecule has 1 aliphatic rings. The Kier molecular flexibility index (Phi) is 6.42. The van der Waals surface area contributed by atoms with Gasteiger partial charge in [0, 0.05) is 6.42 Å². The van der Waals surface area contributed by atoms with Crippen LogP contribution in [0, 0.1) is 5.92 Å². The molecule has 0 aromatic carbocycles. The van der Waals surface area contributed by atoms with Crippen LogP contribution >= 0.6 is 0 Å². The first-order chi connectivity index (χ1) is 7.72. The highest BCUT2D eigenvalue weighted by atomic mass is 16.5. The van der Waals surface area contributed by atoms with Crippen LogP contribution in [0.1, 0.15) is 38.5 Å². The largest absolute Gasteiger partial charge is 0.469 e. The average Bonchev–Trinajstić information content (AvgIpc) is 2.28. The second-order valence-corrected chi connectivity index (χ2v) is 4.57. The SMILES string of the molecule is COC(=O)CCCNCC1CCCC(O)C1. The van der Waals surface area contributed by atoms with Crippen molar-refractivity contribution >= 4 is 5.97 Å². The van der Waals surface area contributed by atoms with Crippen molar-refractivity contribution in [3.8, 4) is 0 Å². The van der Waals surface area contributed by atoms with Gasteiger partial charge in [0.05, 0.1) is 13.2 Å². The number of aliphatic hydroxyl groups is 1. The first-order valence-electron chi connectivity index (χ1n) is 6.18. The molecule has 0 amide bonds. The lowest BCUT2D eigenvalue weighted by molar-refractivity contribution is -0.140. The zero-order valence-corrected chi connectivity index (χ0v) is 10.1. The summed E-state index contributed by atoms with van der Waals surface area (Å²) in [5.41, 5.74) is 0. The van der Waals surface area contributed by atoms with Crippen LogP contribution in [0.2, 0.25) is 0 Å². The van der Waals surface area contributed by atoms with Gasteiger partial charge in [0.2, 0.25) is 0 Å². The quantitative estimate of drug-likeness (QED) is 0.528. The molecule has 0 bridgehead atoms. The van der Waals surface area contributed by atoms with Gasteiger partial charge in [-0.1, -0.05) is 6.42 Å². The number of ether oxygens (including phenoxy) is 1. The third-order valence-corrected chi connectivity index (χ3v) is 3.15. The third-order valence-electron chi connectivity index (χ3n) is 3.15. The molecule has 0 spiro atoms. The van der Waals surface area contributed by atoms with E-state index in [1.807, 2.05) is 0 Å². The lowest BCUT2D eigenvalue weighted by atomic mass is 9.87. The zero-order chi connectivity index (χ0) is 11.8. The number of esters is 1. The zero-order valence-electron chi connectivity index (χ0n) is 10.1. The molecule has 4 heteroatoms. The minimum Gasteiger partial charge on any atom is -0.469 e. The lowest BCUT2D eigenvalue weighted by Crippen LogP contribution is -2.29. The second kappa shape index (κ2) is 7.63. The molecule has 1 aliphatic carbocycles. The molecule has 4 nitrogen and oxygen atoms in total. The van der Waals surface area contributed by atoms with Crippen molar-refractivity contribution in [1.82, 2.24) is 5.32 Å². The highest BCUT2D eigenvalue weighted by molar-refractivity contribution is 5.68. The van der Waals surface area contributed by atoms with E-state index in [2.05, 4.69) is 10.1 Å². The minimum atomic E-state index is -0.144. The number of carbonyl (C=O) groups excluding carboxylic acids is 1. The van der Waals surface area contributed by atoms with E-state index in [1.165, 1.54) is 13.5 Å². The van der Waals surface area contributed by atoms with Gasteiger partial charge < -0.3 is 15.2 Å². The molecule has 0 aromatic rings. The van der Waals surface area contributed by atoms with E-state index in [0.717, 1.165) is 38.8 Å². The Hall–Kier alpha value is -0.610. The van der Waals surface area contributed by atoms with Crippen molar-refractivity contribution in [2.45, 2.75) is 44.6 Å². The Labute approximate surface area is 97.4 Å². The number of hydrogen-bond acceptors (Lipinski definition) is 4. The van der Waals surface area contributed by atoms with Gasteiger partial charge in [0.1, 0.15) is 0 Å². The van der Waals surface area contributed by atoms with Crippen molar-refractivity contribution in [1.29, 1.82) is 0 Å². The van der Waals surface area contributed by atoms with Gasteiger partial charge in [0.15, 0.2) is 0 Å². The second-order valence-electron chi connectivity index (χ2n) is 4.57. The summed E-state index contributed by atoms with van der Waals surface area (Å²) in [6.07, 6.45) is 5.42. The van der Waals surface area contributed by atoms with Crippen LogP contribution in [-0.2, 0) is 9.53 Å². The van der Waals surface area contributed by atoms with Crippen molar-refractivity contribution in [2.75, 3.05) is 20.2 Å². The third kappa shape index (κ3) is 5.47. The van der Waals surface area contributed by atoms with E-state index in [1.54, 1.807) is 0 Å². The normalized spacial score (nSPS) is 25.4. The summed E-state index contributed by atoms with van der Waals surface area (Å²) in [5.74, 6) is 0.455. The highest BCUT2D eigenvalue weighted by Gasteiger charge is 2.19. The maximum atomic E-state index is 10.8. The molecular formula is C12H23NO3. The molecule has 0 radical (unpaired) electrons. The molecule has 2 N–H and O–H groups in total. The molecular weight excluding hydrogens is 206 g/mol. The van der Waals surface area contributed by atoms with Gasteiger partial charge in [-0.15, -0.1) is 0 Å². The fourth-order valence-corrected chi connectivity index (χ4v) is 2.21. The molecule has 1 saturated carbocycles. The number of methoxy groups -OCH3 is 1. The summed E-state index contributed by atoms with van der Waals surface area (Å²) in [7, 11) is 1.42. The molecule has 2 unspecified atom stereocenters. The van der Waals surface area contributed by atoms with Crippen LogP contribution in [0.5, 0.6) is 0 Å². The van der Waals surface area contributed by atoms with E-state index in [9.17, 15) is 9.90 Å². The molecule has 0 heterocycles. The first kappa shape index (κ1) is 13.5. The predicted molar refractivity (Wildman–Crippen MR) is 62.1 cm³/mol. The van der Waals surface area contributed by atoms with Crippen molar-refractivity contribution in [2.24, 2.45) is 5.92 Å². The van der Waals surface area contributed by atoms with Crippen molar-refractivity contribution < 1.29 is 14.6 Å². The summed E-state index contributed by atoms with van der Waals surface area (Å²) in [6, 6.07) is 0. The van der Waals surface area contributed by atoms with Crippen LogP contribution in [-0.4, -0.2) is 37.4 Å². The molecule has 0 aromatic heterocycles. The van der Waals surface area contributed by atoms with Gasteiger partial charge in [-0.05, 0) is 44.7 Å². The number of carbonyl (C=O) groups is 1. The van der Waals surface area contributed by atoms with Crippen LogP contribution < -0.4 is 5.32 Å². The summed E-state index contributed by atoms with van der Waals surface area (Å²) < 4.78 is 4.56. The monoisotopic (exact) mass is 229 g/mol. The number of rotatable bonds is 6. The molecule has 16 heavy (non-hydrogen) atoms. The fraction of sp³-hybridized carbons (Fsp3) is 0.917. The average molecular weight is 229 g/mol. The number of nitrogens with one attached hydrogen (secondary N) is 1. The van der Waals surface area contributed by atoms with Gasteiger partial charge >= 0.3 is 5.97 Å². The summed E-state index contributed by atoms with van der Waals surface area (Å²) >= 11 is 0. The Morgan fingerprint density at radius 1 is 1.50 bits per heavy atom. The molecule has 1 rings (SSSR count). The van der Waals surface area contributed by atoms with Crippen molar-refractivity contribution in [3.05, 3.63) is 0 Å². The van der Waals surface area contributed by atoms with Gasteiger partial charge in [-0.25, -0.2) is 0 Å². The van der Waals surface area contributed by atoms with E-state index in [-0.39, 0.29) is 12.1 Å². The molecule has 1 fully saturated rings. The maximum absolute atomic E-state index is 10.8. The predicted octanol–water partition coefficient (Wildman–Crippen LogP) is 1.08. The van der Waals surface area contributed by atoms with E-state index >= 15 is 0 Å². The van der Waals surface area contributed by atoms with Gasteiger partial charge in [-0.2, -0.15) is 0 Å². The Morgan fingerprint density at radius 2 is 2.31 bits per heavy atom. The Bertz CT molecular complexity index is 208. The molecule has 2 atom stereocenters. The van der Waals surface area contributed by atoms with Gasteiger partial charge in [-0.3, -0.25) is 4.79 Å². The first-order valence-corrected chi connectivity index (χ1v) is 6.18. The van der Waals surface area contributed by atoms with Crippen molar-refractivity contribution in [3.63, 3.8) is 0 Å². The van der Waals surface area contributed by atoms with E-state index in [4.69, 9.17) is 0 Å². The number of aliphatic hydroxyl groups excluding tert-OH is 1. The van der Waals surface area contributed by atoms with Crippen LogP contribution in [0.4, 0.5) is 0 Å². The highest BCUT2D eigenvalue weighted by Crippen LogP contribution is 2.23. The maximum Gasteiger partial charge on any atom is 0.305 e.